The Labute approximate surface area is 162 Å². The number of hydrogen-bond donors (Lipinski definition) is 0. The summed E-state index contributed by atoms with van der Waals surface area (Å²) in [5.74, 6) is 2.67. The number of benzene rings is 1. The number of fused-ring (bicyclic) bond motifs is 1. The number of ether oxygens (including phenoxy) is 2. The third-order valence-electron chi connectivity index (χ3n) is 5.05. The van der Waals surface area contributed by atoms with E-state index in [9.17, 15) is 0 Å². The molecule has 5 rings (SSSR count). The molecule has 1 saturated heterocycles. The van der Waals surface area contributed by atoms with Crippen LogP contribution in [0.5, 0.6) is 11.5 Å². The zero-order chi connectivity index (χ0) is 18.8. The van der Waals surface area contributed by atoms with Crippen LogP contribution in [0.1, 0.15) is 11.5 Å². The molecule has 1 fully saturated rings. The predicted molar refractivity (Wildman–Crippen MR) is 101 cm³/mol. The highest BCUT2D eigenvalue weighted by Crippen LogP contribution is 2.35. The molecular formula is C20H21N5O3. The molecule has 0 bridgehead atoms. The summed E-state index contributed by atoms with van der Waals surface area (Å²) < 4.78 is 16.2. The van der Waals surface area contributed by atoms with Crippen LogP contribution in [0.3, 0.4) is 0 Å². The Morgan fingerprint density at radius 1 is 0.929 bits per heavy atom. The smallest absolute Gasteiger partial charge is 0.241 e. The van der Waals surface area contributed by atoms with Crippen LogP contribution >= 0.6 is 0 Å². The molecule has 1 aromatic carbocycles. The van der Waals surface area contributed by atoms with Gasteiger partial charge >= 0.3 is 0 Å². The van der Waals surface area contributed by atoms with E-state index in [0.29, 0.717) is 24.0 Å². The van der Waals surface area contributed by atoms with Gasteiger partial charge in [0.1, 0.15) is 0 Å². The van der Waals surface area contributed by atoms with Crippen LogP contribution in [0.2, 0.25) is 0 Å². The van der Waals surface area contributed by atoms with Crippen molar-refractivity contribution in [2.24, 2.45) is 0 Å². The van der Waals surface area contributed by atoms with E-state index in [2.05, 4.69) is 31.0 Å². The zero-order valence-corrected chi connectivity index (χ0v) is 15.5. The maximum absolute atomic E-state index is 5.47. The maximum atomic E-state index is 5.47. The maximum Gasteiger partial charge on any atom is 0.241 e. The van der Waals surface area contributed by atoms with Crippen LogP contribution < -0.4 is 9.47 Å². The minimum absolute atomic E-state index is 0.253. The second kappa shape index (κ2) is 7.57. The number of hydrogen-bond acceptors (Lipinski definition) is 8. The standard InChI is InChI=1S/C20H21N5O3/c1-2-15(11-21-5-1)12-24-6-8-25(9-7-24)13-19-22-20(23-28-19)16-3-4-17-18(10-16)27-14-26-17/h1-5,10-11H,6-9,12-14H2. The van der Waals surface area contributed by atoms with Gasteiger partial charge in [0, 0.05) is 50.7 Å². The fourth-order valence-corrected chi connectivity index (χ4v) is 3.52. The Balaban J connectivity index is 1.17. The highest BCUT2D eigenvalue weighted by Gasteiger charge is 2.20. The predicted octanol–water partition coefficient (Wildman–Crippen LogP) is 2.18. The van der Waals surface area contributed by atoms with Crippen molar-refractivity contribution in [1.29, 1.82) is 0 Å². The van der Waals surface area contributed by atoms with E-state index in [4.69, 9.17) is 14.0 Å². The molecule has 3 aromatic rings. The second-order valence-corrected chi connectivity index (χ2v) is 6.99. The van der Waals surface area contributed by atoms with E-state index in [-0.39, 0.29) is 6.79 Å². The summed E-state index contributed by atoms with van der Waals surface area (Å²) in [4.78, 5) is 13.5. The minimum Gasteiger partial charge on any atom is -0.454 e. The van der Waals surface area contributed by atoms with Gasteiger partial charge in [-0.2, -0.15) is 4.98 Å². The van der Waals surface area contributed by atoms with Gasteiger partial charge < -0.3 is 14.0 Å². The van der Waals surface area contributed by atoms with Crippen molar-refractivity contribution in [3.63, 3.8) is 0 Å². The van der Waals surface area contributed by atoms with Gasteiger partial charge in [-0.1, -0.05) is 11.2 Å². The monoisotopic (exact) mass is 379 g/mol. The van der Waals surface area contributed by atoms with Crippen molar-refractivity contribution in [1.82, 2.24) is 24.9 Å². The molecule has 8 nitrogen and oxygen atoms in total. The molecule has 0 radical (unpaired) electrons. The number of rotatable bonds is 5. The summed E-state index contributed by atoms with van der Waals surface area (Å²) in [5.41, 5.74) is 2.11. The Morgan fingerprint density at radius 2 is 1.75 bits per heavy atom. The van der Waals surface area contributed by atoms with Gasteiger partial charge in [-0.05, 0) is 29.8 Å². The van der Waals surface area contributed by atoms with Crippen LogP contribution in [0.15, 0.2) is 47.2 Å². The number of pyridine rings is 1. The average molecular weight is 379 g/mol. The molecular weight excluding hydrogens is 358 g/mol. The molecule has 0 aliphatic carbocycles. The van der Waals surface area contributed by atoms with E-state index in [1.807, 2.05) is 36.7 Å². The molecule has 8 heteroatoms. The lowest BCUT2D eigenvalue weighted by atomic mass is 10.2. The summed E-state index contributed by atoms with van der Waals surface area (Å²) in [6, 6.07) is 9.77. The third kappa shape index (κ3) is 3.69. The fraction of sp³-hybridized carbons (Fsp3) is 0.350. The lowest BCUT2D eigenvalue weighted by molar-refractivity contribution is 0.112. The molecule has 144 valence electrons. The van der Waals surface area contributed by atoms with Crippen LogP contribution in [0, 0.1) is 0 Å². The molecule has 0 atom stereocenters. The van der Waals surface area contributed by atoms with Crippen molar-refractivity contribution in [3.05, 3.63) is 54.2 Å². The first-order valence-electron chi connectivity index (χ1n) is 9.40. The molecule has 2 aliphatic rings. The summed E-state index contributed by atoms with van der Waals surface area (Å²) in [7, 11) is 0. The summed E-state index contributed by atoms with van der Waals surface area (Å²) in [5, 5.41) is 4.12. The van der Waals surface area contributed by atoms with Gasteiger partial charge in [-0.3, -0.25) is 14.8 Å². The van der Waals surface area contributed by atoms with Gasteiger partial charge in [-0.15, -0.1) is 0 Å². The number of aromatic nitrogens is 3. The second-order valence-electron chi connectivity index (χ2n) is 6.99. The molecule has 2 aromatic heterocycles. The van der Waals surface area contributed by atoms with E-state index in [0.717, 1.165) is 44.0 Å². The first-order chi connectivity index (χ1) is 13.8. The molecule has 0 unspecified atom stereocenters. The molecule has 0 spiro atoms. The van der Waals surface area contributed by atoms with Gasteiger partial charge in [0.2, 0.25) is 18.5 Å². The summed E-state index contributed by atoms with van der Waals surface area (Å²) >= 11 is 0. The Kier molecular flexibility index (Phi) is 4.64. The normalized spacial score (nSPS) is 17.1. The largest absolute Gasteiger partial charge is 0.454 e. The first kappa shape index (κ1) is 17.2. The Hall–Kier alpha value is -2.97. The molecule has 28 heavy (non-hydrogen) atoms. The number of nitrogens with zero attached hydrogens (tertiary/aromatic N) is 5. The van der Waals surface area contributed by atoms with Crippen LogP contribution in [-0.4, -0.2) is 57.9 Å². The average Bonchev–Trinajstić information content (AvgIpc) is 3.39. The third-order valence-corrected chi connectivity index (χ3v) is 5.05. The molecule has 0 amide bonds. The van der Waals surface area contributed by atoms with Crippen LogP contribution in [-0.2, 0) is 13.1 Å². The number of piperazine rings is 1. The quantitative estimate of drug-likeness (QED) is 0.668. The van der Waals surface area contributed by atoms with E-state index >= 15 is 0 Å². The van der Waals surface area contributed by atoms with E-state index in [1.165, 1.54) is 5.56 Å². The minimum atomic E-state index is 0.253. The fourth-order valence-electron chi connectivity index (χ4n) is 3.52. The van der Waals surface area contributed by atoms with Crippen LogP contribution in [0.4, 0.5) is 0 Å². The summed E-state index contributed by atoms with van der Waals surface area (Å²) in [6.45, 7) is 5.83. The van der Waals surface area contributed by atoms with Gasteiger partial charge in [0.05, 0.1) is 6.54 Å². The lowest BCUT2D eigenvalue weighted by Crippen LogP contribution is -2.45. The topological polar surface area (TPSA) is 76.8 Å². The van der Waals surface area contributed by atoms with Crippen molar-refractivity contribution in [2.45, 2.75) is 13.1 Å². The highest BCUT2D eigenvalue weighted by atomic mass is 16.7. The molecule has 0 saturated carbocycles. The van der Waals surface area contributed by atoms with Crippen molar-refractivity contribution in [2.75, 3.05) is 33.0 Å². The van der Waals surface area contributed by atoms with Crippen molar-refractivity contribution >= 4 is 0 Å². The molecule has 2 aliphatic heterocycles. The molecule has 4 heterocycles. The lowest BCUT2D eigenvalue weighted by Gasteiger charge is -2.33. The van der Waals surface area contributed by atoms with Crippen molar-refractivity contribution in [3.8, 4) is 22.9 Å². The van der Waals surface area contributed by atoms with Crippen LogP contribution in [0.25, 0.3) is 11.4 Å². The highest BCUT2D eigenvalue weighted by molar-refractivity contribution is 5.61. The van der Waals surface area contributed by atoms with E-state index in [1.54, 1.807) is 0 Å². The Morgan fingerprint density at radius 3 is 2.57 bits per heavy atom. The Bertz CT molecular complexity index is 938. The van der Waals surface area contributed by atoms with Gasteiger partial charge in [-0.25, -0.2) is 0 Å². The first-order valence-corrected chi connectivity index (χ1v) is 9.40. The zero-order valence-electron chi connectivity index (χ0n) is 15.5. The van der Waals surface area contributed by atoms with Gasteiger partial charge in [0.25, 0.3) is 0 Å². The summed E-state index contributed by atoms with van der Waals surface area (Å²) in [6.07, 6.45) is 3.74. The SMILES string of the molecule is c1cncc(CN2CCN(Cc3nc(-c4ccc5c(c4)OCO5)no3)CC2)c1. The van der Waals surface area contributed by atoms with E-state index < -0.39 is 0 Å². The van der Waals surface area contributed by atoms with Crippen molar-refractivity contribution < 1.29 is 14.0 Å². The van der Waals surface area contributed by atoms with Gasteiger partial charge in [0.15, 0.2) is 11.5 Å². The molecule has 0 N–H and O–H groups in total.